The molecule has 0 bridgehead atoms. The van der Waals surface area contributed by atoms with Gasteiger partial charge in [-0.05, 0) is 13.3 Å². The number of hydrogen-bond donors (Lipinski definition) is 0. The normalized spacial score (nSPS) is 27.2. The highest BCUT2D eigenvalue weighted by Crippen LogP contribution is 2.34. The van der Waals surface area contributed by atoms with Crippen molar-refractivity contribution in [3.05, 3.63) is 11.1 Å². The Labute approximate surface area is 77.7 Å². The van der Waals surface area contributed by atoms with Crippen molar-refractivity contribution >= 4 is 16.9 Å². The van der Waals surface area contributed by atoms with Gasteiger partial charge in [-0.2, -0.15) is 0 Å². The summed E-state index contributed by atoms with van der Waals surface area (Å²) in [5, 5.41) is 1.21. The van der Waals surface area contributed by atoms with Gasteiger partial charge in [0.1, 0.15) is 0 Å². The summed E-state index contributed by atoms with van der Waals surface area (Å²) in [6, 6.07) is 0.493. The van der Waals surface area contributed by atoms with Crippen LogP contribution < -0.4 is 0 Å². The van der Waals surface area contributed by atoms with E-state index in [1.165, 1.54) is 22.9 Å². The van der Waals surface area contributed by atoms with Gasteiger partial charge in [0.2, 0.25) is 0 Å². The predicted molar refractivity (Wildman–Crippen MR) is 54.2 cm³/mol. The van der Waals surface area contributed by atoms with E-state index in [0.29, 0.717) is 6.04 Å². The van der Waals surface area contributed by atoms with E-state index in [9.17, 15) is 0 Å². The van der Waals surface area contributed by atoms with E-state index in [1.54, 1.807) is 0 Å². The zero-order valence-electron chi connectivity index (χ0n) is 7.58. The molecule has 0 aromatic rings. The van der Waals surface area contributed by atoms with Crippen LogP contribution >= 0.6 is 11.8 Å². The molecule has 0 N–H and O–H groups in total. The van der Waals surface area contributed by atoms with Gasteiger partial charge in [0.15, 0.2) is 5.17 Å². The zero-order valence-corrected chi connectivity index (χ0v) is 8.40. The summed E-state index contributed by atoms with van der Waals surface area (Å²) in [6.07, 6.45) is 4.70. The first-order valence-corrected chi connectivity index (χ1v) is 5.34. The number of amidine groups is 1. The standard InChI is InChI=1S/C9H14N2S/c1-3-4-8-6-11-5-7(2)10-9(11)12-8/h6-7H,3-5H2,1-2H3. The van der Waals surface area contributed by atoms with Crippen molar-refractivity contribution < 1.29 is 0 Å². The summed E-state index contributed by atoms with van der Waals surface area (Å²) in [4.78, 5) is 8.29. The fourth-order valence-corrected chi connectivity index (χ4v) is 2.74. The topological polar surface area (TPSA) is 15.6 Å². The van der Waals surface area contributed by atoms with E-state index >= 15 is 0 Å². The van der Waals surface area contributed by atoms with Crippen LogP contribution in [0.4, 0.5) is 0 Å². The highest BCUT2D eigenvalue weighted by atomic mass is 32.2. The van der Waals surface area contributed by atoms with Crippen LogP contribution in [-0.2, 0) is 0 Å². The summed E-state index contributed by atoms with van der Waals surface area (Å²) in [5.41, 5.74) is 0. The molecule has 2 rings (SSSR count). The Morgan fingerprint density at radius 1 is 1.75 bits per heavy atom. The van der Waals surface area contributed by atoms with Crippen molar-refractivity contribution in [1.82, 2.24) is 4.90 Å². The molecule has 66 valence electrons. The lowest BCUT2D eigenvalue weighted by atomic mass is 10.3. The van der Waals surface area contributed by atoms with E-state index in [2.05, 4.69) is 29.9 Å². The Balaban J connectivity index is 2.03. The Kier molecular flexibility index (Phi) is 2.13. The maximum Gasteiger partial charge on any atom is 0.168 e. The molecule has 0 aromatic heterocycles. The van der Waals surface area contributed by atoms with E-state index in [1.807, 2.05) is 11.8 Å². The van der Waals surface area contributed by atoms with Crippen molar-refractivity contribution in [2.45, 2.75) is 32.7 Å². The highest BCUT2D eigenvalue weighted by Gasteiger charge is 2.27. The first kappa shape index (κ1) is 8.17. The molecule has 0 fully saturated rings. The third-order valence-corrected chi connectivity index (χ3v) is 3.15. The van der Waals surface area contributed by atoms with Gasteiger partial charge in [-0.1, -0.05) is 25.1 Å². The Morgan fingerprint density at radius 2 is 2.58 bits per heavy atom. The number of allylic oxidation sites excluding steroid dienone is 1. The number of nitrogens with zero attached hydrogens (tertiary/aromatic N) is 2. The van der Waals surface area contributed by atoms with Crippen LogP contribution in [0.15, 0.2) is 16.1 Å². The quantitative estimate of drug-likeness (QED) is 0.652. The van der Waals surface area contributed by atoms with Gasteiger partial charge < -0.3 is 4.90 Å². The van der Waals surface area contributed by atoms with Gasteiger partial charge >= 0.3 is 0 Å². The second kappa shape index (κ2) is 3.13. The highest BCUT2D eigenvalue weighted by molar-refractivity contribution is 8.17. The molecule has 2 heterocycles. The summed E-state index contributed by atoms with van der Waals surface area (Å²) in [5.74, 6) is 0. The van der Waals surface area contributed by atoms with Gasteiger partial charge in [-0.25, -0.2) is 0 Å². The van der Waals surface area contributed by atoms with Crippen molar-refractivity contribution in [2.75, 3.05) is 6.54 Å². The molecule has 0 spiro atoms. The maximum absolute atomic E-state index is 4.54. The van der Waals surface area contributed by atoms with E-state index < -0.39 is 0 Å². The number of thioether (sulfide) groups is 1. The van der Waals surface area contributed by atoms with Gasteiger partial charge in [0, 0.05) is 17.6 Å². The SMILES string of the molecule is CCCC1=CN2CC(C)N=C2S1. The minimum atomic E-state index is 0.493. The van der Waals surface area contributed by atoms with Gasteiger partial charge in [0.25, 0.3) is 0 Å². The van der Waals surface area contributed by atoms with Gasteiger partial charge in [0.05, 0.1) is 6.04 Å². The first-order valence-electron chi connectivity index (χ1n) is 4.52. The number of fused-ring (bicyclic) bond motifs is 1. The van der Waals surface area contributed by atoms with Crippen LogP contribution in [-0.4, -0.2) is 22.7 Å². The van der Waals surface area contributed by atoms with Gasteiger partial charge in [-0.3, -0.25) is 4.99 Å². The fourth-order valence-electron chi connectivity index (χ4n) is 1.54. The van der Waals surface area contributed by atoms with E-state index in [0.717, 1.165) is 6.54 Å². The van der Waals surface area contributed by atoms with Crippen molar-refractivity contribution in [3.63, 3.8) is 0 Å². The van der Waals surface area contributed by atoms with Crippen LogP contribution in [0, 0.1) is 0 Å². The Hall–Kier alpha value is -0.440. The maximum atomic E-state index is 4.54. The molecule has 2 nitrogen and oxygen atoms in total. The number of aliphatic imine (C=N–C) groups is 1. The largest absolute Gasteiger partial charge is 0.325 e. The third-order valence-electron chi connectivity index (χ3n) is 2.06. The van der Waals surface area contributed by atoms with Crippen molar-refractivity contribution in [2.24, 2.45) is 4.99 Å². The molecule has 0 amide bonds. The fraction of sp³-hybridized carbons (Fsp3) is 0.667. The summed E-state index contributed by atoms with van der Waals surface area (Å²) in [6.45, 7) is 5.46. The molecule has 1 unspecified atom stereocenters. The monoisotopic (exact) mass is 182 g/mol. The van der Waals surface area contributed by atoms with Crippen LogP contribution in [0.2, 0.25) is 0 Å². The molecule has 1 atom stereocenters. The number of hydrogen-bond acceptors (Lipinski definition) is 3. The lowest BCUT2D eigenvalue weighted by Gasteiger charge is -2.06. The lowest BCUT2D eigenvalue weighted by molar-refractivity contribution is 0.563. The minimum absolute atomic E-state index is 0.493. The molecular formula is C9H14N2S. The average Bonchev–Trinajstić information content (AvgIpc) is 2.44. The molecule has 0 aromatic carbocycles. The molecule has 0 saturated carbocycles. The van der Waals surface area contributed by atoms with Gasteiger partial charge in [-0.15, -0.1) is 0 Å². The molecule has 0 saturated heterocycles. The Bertz CT molecular complexity index is 245. The lowest BCUT2D eigenvalue weighted by Crippen LogP contribution is -2.17. The molecule has 0 aliphatic carbocycles. The molecule has 3 heteroatoms. The summed E-state index contributed by atoms with van der Waals surface area (Å²) < 4.78 is 0. The molecule has 2 aliphatic heterocycles. The molecule has 2 aliphatic rings. The van der Waals surface area contributed by atoms with Crippen LogP contribution in [0.5, 0.6) is 0 Å². The molecule has 0 radical (unpaired) electrons. The summed E-state index contributed by atoms with van der Waals surface area (Å²) >= 11 is 1.85. The zero-order chi connectivity index (χ0) is 8.55. The second-order valence-corrected chi connectivity index (χ2v) is 4.45. The number of rotatable bonds is 2. The van der Waals surface area contributed by atoms with Crippen LogP contribution in [0.25, 0.3) is 0 Å². The smallest absolute Gasteiger partial charge is 0.168 e. The second-order valence-electron chi connectivity index (χ2n) is 3.36. The van der Waals surface area contributed by atoms with Crippen molar-refractivity contribution in [1.29, 1.82) is 0 Å². The summed E-state index contributed by atoms with van der Waals surface area (Å²) in [7, 11) is 0. The Morgan fingerprint density at radius 3 is 3.25 bits per heavy atom. The van der Waals surface area contributed by atoms with E-state index in [4.69, 9.17) is 0 Å². The third kappa shape index (κ3) is 1.38. The predicted octanol–water partition coefficient (Wildman–Crippen LogP) is 2.43. The minimum Gasteiger partial charge on any atom is -0.325 e. The molecular weight excluding hydrogens is 168 g/mol. The average molecular weight is 182 g/mol. The van der Waals surface area contributed by atoms with Crippen molar-refractivity contribution in [3.8, 4) is 0 Å². The van der Waals surface area contributed by atoms with Crippen LogP contribution in [0.1, 0.15) is 26.7 Å². The first-order chi connectivity index (χ1) is 5.79. The molecule has 12 heavy (non-hydrogen) atoms. The van der Waals surface area contributed by atoms with Crippen LogP contribution in [0.3, 0.4) is 0 Å². The van der Waals surface area contributed by atoms with E-state index in [-0.39, 0.29) is 0 Å².